The molecule has 6 nitrogen and oxygen atoms in total. The number of carbonyl (C=O) groups is 3. The van der Waals surface area contributed by atoms with Crippen molar-refractivity contribution in [2.75, 3.05) is 17.2 Å². The summed E-state index contributed by atoms with van der Waals surface area (Å²) in [6.07, 6.45) is -4.66. The number of amides is 3. The molecule has 1 heterocycles. The summed E-state index contributed by atoms with van der Waals surface area (Å²) in [4.78, 5) is 37.6. The lowest BCUT2D eigenvalue weighted by Crippen LogP contribution is -2.34. The third-order valence-corrected chi connectivity index (χ3v) is 5.87. The van der Waals surface area contributed by atoms with E-state index in [1.54, 1.807) is 30.4 Å². The second-order valence-corrected chi connectivity index (χ2v) is 8.50. The number of nitrogens with one attached hydrogen (secondary N) is 3. The maximum absolute atomic E-state index is 12.5. The van der Waals surface area contributed by atoms with Crippen molar-refractivity contribution < 1.29 is 27.6 Å². The van der Waals surface area contributed by atoms with Crippen molar-refractivity contribution in [2.24, 2.45) is 0 Å². The van der Waals surface area contributed by atoms with Crippen molar-refractivity contribution in [3.8, 4) is 0 Å². The van der Waals surface area contributed by atoms with E-state index >= 15 is 0 Å². The van der Waals surface area contributed by atoms with Gasteiger partial charge in [-0.05, 0) is 42.8 Å². The summed E-state index contributed by atoms with van der Waals surface area (Å²) >= 11 is 7.15. The number of alkyl halides is 3. The number of halogens is 4. The highest BCUT2D eigenvalue weighted by Gasteiger charge is 2.30. The Hall–Kier alpha value is -2.72. The van der Waals surface area contributed by atoms with Crippen molar-refractivity contribution in [1.82, 2.24) is 5.32 Å². The van der Waals surface area contributed by atoms with Gasteiger partial charge in [0.2, 0.25) is 11.8 Å². The summed E-state index contributed by atoms with van der Waals surface area (Å²) in [5.74, 6) is -1.72. The van der Waals surface area contributed by atoms with Crippen LogP contribution in [0.3, 0.4) is 0 Å². The first-order valence-electron chi connectivity index (χ1n) is 9.04. The molecule has 31 heavy (non-hydrogen) atoms. The van der Waals surface area contributed by atoms with Gasteiger partial charge in [0.05, 0.1) is 10.9 Å². The molecule has 1 atom stereocenters. The second kappa shape index (κ2) is 9.19. The molecule has 2 aromatic rings. The zero-order valence-electron chi connectivity index (χ0n) is 16.1. The minimum Gasteiger partial charge on any atom is -0.343 e. The molecule has 0 spiro atoms. The number of rotatable bonds is 5. The SMILES string of the molecule is Cc1ccc(C(=O)NCC(F)(F)F)cc1NC(=O)CC1Sc2ccc(Cl)cc2NC1=O. The molecular formula is C20H17ClF3N3O3S. The Labute approximate surface area is 184 Å². The third-order valence-electron chi connectivity index (χ3n) is 4.36. The number of hydrogen-bond donors (Lipinski definition) is 3. The number of thioether (sulfide) groups is 1. The first-order valence-corrected chi connectivity index (χ1v) is 10.3. The largest absolute Gasteiger partial charge is 0.405 e. The standard InChI is InChI=1S/C20H17ClF3N3O3S/c1-10-2-3-11(18(29)25-9-20(22,23)24)6-13(10)26-17(28)8-16-19(30)27-14-7-12(21)4-5-15(14)31-16/h2-7,16H,8-9H2,1H3,(H,25,29)(H,26,28)(H,27,30). The fourth-order valence-electron chi connectivity index (χ4n) is 2.81. The minimum atomic E-state index is -4.53. The first-order chi connectivity index (χ1) is 14.5. The average molecular weight is 472 g/mol. The molecular weight excluding hydrogens is 455 g/mol. The Morgan fingerprint density at radius 3 is 2.65 bits per heavy atom. The van der Waals surface area contributed by atoms with E-state index in [2.05, 4.69) is 10.6 Å². The number of benzene rings is 2. The summed E-state index contributed by atoms with van der Waals surface area (Å²) in [6, 6.07) is 9.23. The van der Waals surface area contributed by atoms with Crippen LogP contribution in [0.2, 0.25) is 5.02 Å². The van der Waals surface area contributed by atoms with Crippen LogP contribution in [-0.4, -0.2) is 35.7 Å². The van der Waals surface area contributed by atoms with Crippen LogP contribution in [0.5, 0.6) is 0 Å². The van der Waals surface area contributed by atoms with Gasteiger partial charge in [-0.15, -0.1) is 11.8 Å². The summed E-state index contributed by atoms with van der Waals surface area (Å²) in [6.45, 7) is 0.219. The summed E-state index contributed by atoms with van der Waals surface area (Å²) in [5, 5.41) is 6.92. The van der Waals surface area contributed by atoms with Crippen molar-refractivity contribution in [3.05, 3.63) is 52.5 Å². The molecule has 1 unspecified atom stereocenters. The molecule has 1 aliphatic rings. The topological polar surface area (TPSA) is 87.3 Å². The summed E-state index contributed by atoms with van der Waals surface area (Å²) < 4.78 is 36.9. The van der Waals surface area contributed by atoms with Gasteiger partial charge < -0.3 is 16.0 Å². The Morgan fingerprint density at radius 1 is 1.19 bits per heavy atom. The van der Waals surface area contributed by atoms with Crippen LogP contribution in [0.1, 0.15) is 22.3 Å². The molecule has 0 fully saturated rings. The summed E-state index contributed by atoms with van der Waals surface area (Å²) in [5.41, 5.74) is 1.44. The summed E-state index contributed by atoms with van der Waals surface area (Å²) in [7, 11) is 0. The van der Waals surface area contributed by atoms with Gasteiger partial charge in [-0.1, -0.05) is 17.7 Å². The van der Waals surface area contributed by atoms with Crippen molar-refractivity contribution in [2.45, 2.75) is 29.7 Å². The predicted molar refractivity (Wildman–Crippen MR) is 113 cm³/mol. The maximum atomic E-state index is 12.5. The quantitative estimate of drug-likeness (QED) is 0.604. The fourth-order valence-corrected chi connectivity index (χ4v) is 4.07. The zero-order chi connectivity index (χ0) is 22.8. The fraction of sp³-hybridized carbons (Fsp3) is 0.250. The van der Waals surface area contributed by atoms with E-state index in [0.29, 0.717) is 16.3 Å². The molecule has 3 N–H and O–H groups in total. The Balaban J connectivity index is 1.65. The number of anilines is 2. The van der Waals surface area contributed by atoms with Crippen LogP contribution in [0, 0.1) is 6.92 Å². The van der Waals surface area contributed by atoms with Crippen LogP contribution in [0.15, 0.2) is 41.3 Å². The van der Waals surface area contributed by atoms with E-state index in [0.717, 1.165) is 4.90 Å². The highest BCUT2D eigenvalue weighted by atomic mass is 35.5. The lowest BCUT2D eigenvalue weighted by molar-refractivity contribution is -0.123. The Morgan fingerprint density at radius 2 is 1.94 bits per heavy atom. The highest BCUT2D eigenvalue weighted by Crippen LogP contribution is 2.38. The smallest absolute Gasteiger partial charge is 0.343 e. The predicted octanol–water partition coefficient (Wildman–Crippen LogP) is 4.38. The molecule has 0 aromatic heterocycles. The molecule has 3 amide bonds. The van der Waals surface area contributed by atoms with Crippen LogP contribution in [0.4, 0.5) is 24.5 Å². The van der Waals surface area contributed by atoms with E-state index in [1.165, 1.54) is 30.0 Å². The Bertz CT molecular complexity index is 1050. The van der Waals surface area contributed by atoms with Crippen molar-refractivity contribution in [3.63, 3.8) is 0 Å². The second-order valence-electron chi connectivity index (χ2n) is 6.82. The van der Waals surface area contributed by atoms with Gasteiger partial charge in [-0.3, -0.25) is 14.4 Å². The van der Waals surface area contributed by atoms with Crippen LogP contribution >= 0.6 is 23.4 Å². The lowest BCUT2D eigenvalue weighted by Gasteiger charge is -2.24. The van der Waals surface area contributed by atoms with Crippen molar-refractivity contribution in [1.29, 1.82) is 0 Å². The molecule has 2 aromatic carbocycles. The van der Waals surface area contributed by atoms with Crippen LogP contribution in [0.25, 0.3) is 0 Å². The number of carbonyl (C=O) groups excluding carboxylic acids is 3. The van der Waals surface area contributed by atoms with E-state index in [4.69, 9.17) is 11.6 Å². The molecule has 0 radical (unpaired) electrons. The van der Waals surface area contributed by atoms with E-state index in [-0.39, 0.29) is 23.6 Å². The van der Waals surface area contributed by atoms with E-state index in [1.807, 2.05) is 0 Å². The van der Waals surface area contributed by atoms with Gasteiger partial charge in [0.1, 0.15) is 6.54 Å². The molecule has 0 saturated carbocycles. The monoisotopic (exact) mass is 471 g/mol. The van der Waals surface area contributed by atoms with E-state index < -0.39 is 29.8 Å². The van der Waals surface area contributed by atoms with Gasteiger partial charge in [-0.2, -0.15) is 13.2 Å². The third kappa shape index (κ3) is 6.14. The molecule has 1 aliphatic heterocycles. The van der Waals surface area contributed by atoms with Gasteiger partial charge >= 0.3 is 6.18 Å². The van der Waals surface area contributed by atoms with Gasteiger partial charge in [-0.25, -0.2) is 0 Å². The normalized spacial score (nSPS) is 15.6. The first kappa shape index (κ1) is 23.0. The average Bonchev–Trinajstić information content (AvgIpc) is 2.68. The van der Waals surface area contributed by atoms with E-state index in [9.17, 15) is 27.6 Å². The molecule has 0 saturated heterocycles. The Kier molecular flexibility index (Phi) is 6.80. The molecule has 0 bridgehead atoms. The maximum Gasteiger partial charge on any atom is 0.405 e. The molecule has 3 rings (SSSR count). The molecule has 164 valence electrons. The van der Waals surface area contributed by atoms with Gasteiger partial charge in [0, 0.05) is 27.6 Å². The van der Waals surface area contributed by atoms with Gasteiger partial charge in [0.25, 0.3) is 5.91 Å². The number of aryl methyl sites for hydroxylation is 1. The van der Waals surface area contributed by atoms with Gasteiger partial charge in [0.15, 0.2) is 0 Å². The van der Waals surface area contributed by atoms with Crippen molar-refractivity contribution >= 4 is 52.5 Å². The lowest BCUT2D eigenvalue weighted by atomic mass is 10.1. The van der Waals surface area contributed by atoms with Crippen LogP contribution in [-0.2, 0) is 9.59 Å². The molecule has 11 heteroatoms. The number of hydrogen-bond acceptors (Lipinski definition) is 4. The highest BCUT2D eigenvalue weighted by molar-refractivity contribution is 8.01. The zero-order valence-corrected chi connectivity index (χ0v) is 17.7. The minimum absolute atomic E-state index is 0.0271. The number of fused-ring (bicyclic) bond motifs is 1. The molecule has 0 aliphatic carbocycles. The van der Waals surface area contributed by atoms with Crippen LogP contribution < -0.4 is 16.0 Å².